The minimum absolute atomic E-state index is 0.168. The number of carbonyl (C=O) groups excluding carboxylic acids is 2. The topological polar surface area (TPSA) is 55.4 Å². The van der Waals surface area contributed by atoms with Crippen LogP contribution in [0.5, 0.6) is 0 Å². The molecule has 4 nitrogen and oxygen atoms in total. The number of hydrogen-bond acceptors (Lipinski definition) is 3. The number of carbonyl (C=O) groups is 2. The van der Waals surface area contributed by atoms with E-state index in [9.17, 15) is 9.59 Å². The Morgan fingerprint density at radius 2 is 1.95 bits per heavy atom. The van der Waals surface area contributed by atoms with Crippen LogP contribution in [0.3, 0.4) is 0 Å². The van der Waals surface area contributed by atoms with Crippen molar-refractivity contribution in [3.63, 3.8) is 0 Å². The first-order valence-corrected chi connectivity index (χ1v) is 8.30. The van der Waals surface area contributed by atoms with Crippen molar-refractivity contribution in [3.8, 4) is 0 Å². The molecule has 1 aliphatic carbocycles. The molecule has 2 aliphatic rings. The predicted octanol–water partition coefficient (Wildman–Crippen LogP) is 2.85. The molecule has 1 aromatic rings. The summed E-state index contributed by atoms with van der Waals surface area (Å²) >= 11 is 0. The molecule has 118 valence electrons. The summed E-state index contributed by atoms with van der Waals surface area (Å²) in [5, 5.41) is 2.93. The molecular formula is C18H23NO3. The molecule has 1 aromatic carbocycles. The molecule has 0 bridgehead atoms. The number of rotatable bonds is 4. The van der Waals surface area contributed by atoms with Crippen LogP contribution in [0.4, 0.5) is 0 Å². The summed E-state index contributed by atoms with van der Waals surface area (Å²) in [5.41, 5.74) is 1.47. The van der Waals surface area contributed by atoms with Gasteiger partial charge in [-0.3, -0.25) is 4.79 Å². The van der Waals surface area contributed by atoms with Crippen molar-refractivity contribution in [1.29, 1.82) is 0 Å². The lowest BCUT2D eigenvalue weighted by molar-refractivity contribution is -0.130. The second-order valence-electron chi connectivity index (χ2n) is 6.34. The van der Waals surface area contributed by atoms with Gasteiger partial charge in [0.1, 0.15) is 0 Å². The van der Waals surface area contributed by atoms with Gasteiger partial charge in [-0.25, -0.2) is 4.79 Å². The maximum Gasteiger partial charge on any atom is 0.339 e. The van der Waals surface area contributed by atoms with Gasteiger partial charge in [0.2, 0.25) is 0 Å². The molecule has 1 saturated carbocycles. The summed E-state index contributed by atoms with van der Waals surface area (Å²) in [4.78, 5) is 24.1. The molecule has 1 fully saturated rings. The molecule has 3 rings (SSSR count). The van der Waals surface area contributed by atoms with Crippen LogP contribution in [0.1, 0.15) is 54.4 Å². The first-order chi connectivity index (χ1) is 10.7. The highest BCUT2D eigenvalue weighted by Crippen LogP contribution is 2.26. The normalized spacial score (nSPS) is 21.8. The standard InChI is InChI=1S/C18H23NO3/c20-17(19-11-10-13-6-2-1-3-7-13)16-12-14-8-4-5-9-15(14)18(21)22-16/h4-5,8-9,13,16H,1-3,6-7,10-12H2,(H,19,20). The lowest BCUT2D eigenvalue weighted by Gasteiger charge is -2.25. The lowest BCUT2D eigenvalue weighted by Crippen LogP contribution is -2.42. The van der Waals surface area contributed by atoms with E-state index in [2.05, 4.69) is 5.32 Å². The van der Waals surface area contributed by atoms with Gasteiger partial charge in [0.05, 0.1) is 5.56 Å². The van der Waals surface area contributed by atoms with E-state index in [4.69, 9.17) is 4.74 Å². The number of benzene rings is 1. The Bertz CT molecular complexity index is 549. The van der Waals surface area contributed by atoms with Crippen molar-refractivity contribution < 1.29 is 14.3 Å². The first kappa shape index (κ1) is 15.1. The number of amides is 1. The average Bonchev–Trinajstić information content (AvgIpc) is 2.56. The van der Waals surface area contributed by atoms with Crippen LogP contribution in [0.2, 0.25) is 0 Å². The highest BCUT2D eigenvalue weighted by molar-refractivity contribution is 5.95. The summed E-state index contributed by atoms with van der Waals surface area (Å²) < 4.78 is 5.27. The van der Waals surface area contributed by atoms with Gasteiger partial charge in [-0.05, 0) is 24.0 Å². The van der Waals surface area contributed by atoms with E-state index in [1.807, 2.05) is 18.2 Å². The molecule has 1 atom stereocenters. The zero-order chi connectivity index (χ0) is 15.4. The van der Waals surface area contributed by atoms with E-state index >= 15 is 0 Å². The van der Waals surface area contributed by atoms with E-state index in [0.717, 1.165) is 17.9 Å². The summed E-state index contributed by atoms with van der Waals surface area (Å²) in [6, 6.07) is 7.33. The number of fused-ring (bicyclic) bond motifs is 1. The zero-order valence-corrected chi connectivity index (χ0v) is 12.8. The van der Waals surface area contributed by atoms with Crippen LogP contribution in [0.15, 0.2) is 24.3 Å². The molecule has 0 radical (unpaired) electrons. The van der Waals surface area contributed by atoms with Gasteiger partial charge >= 0.3 is 5.97 Å². The molecule has 1 N–H and O–H groups in total. The fourth-order valence-corrected chi connectivity index (χ4v) is 3.47. The Kier molecular flexibility index (Phi) is 4.76. The second kappa shape index (κ2) is 6.95. The number of hydrogen-bond donors (Lipinski definition) is 1. The van der Waals surface area contributed by atoms with Gasteiger partial charge in [0.15, 0.2) is 6.10 Å². The highest BCUT2D eigenvalue weighted by Gasteiger charge is 2.30. The summed E-state index contributed by atoms with van der Waals surface area (Å²) in [6.45, 7) is 0.680. The predicted molar refractivity (Wildman–Crippen MR) is 83.6 cm³/mol. The maximum atomic E-state index is 12.2. The van der Waals surface area contributed by atoms with Crippen molar-refractivity contribution in [2.45, 2.75) is 51.0 Å². The molecule has 1 heterocycles. The molecule has 1 aliphatic heterocycles. The largest absolute Gasteiger partial charge is 0.448 e. The minimum Gasteiger partial charge on any atom is -0.448 e. The SMILES string of the molecule is O=C1OC(C(=O)NCCC2CCCCC2)Cc2ccccc21. The van der Waals surface area contributed by atoms with E-state index in [1.165, 1.54) is 32.1 Å². The Morgan fingerprint density at radius 1 is 1.18 bits per heavy atom. The van der Waals surface area contributed by atoms with Gasteiger partial charge in [-0.15, -0.1) is 0 Å². The smallest absolute Gasteiger partial charge is 0.339 e. The van der Waals surface area contributed by atoms with Crippen LogP contribution in [-0.2, 0) is 16.0 Å². The number of esters is 1. The van der Waals surface area contributed by atoms with Gasteiger partial charge in [-0.1, -0.05) is 50.3 Å². The number of cyclic esters (lactones) is 1. The minimum atomic E-state index is -0.686. The van der Waals surface area contributed by atoms with Crippen LogP contribution in [-0.4, -0.2) is 24.5 Å². The molecule has 4 heteroatoms. The quantitative estimate of drug-likeness (QED) is 0.870. The van der Waals surface area contributed by atoms with Crippen molar-refractivity contribution >= 4 is 11.9 Å². The average molecular weight is 301 g/mol. The lowest BCUT2D eigenvalue weighted by atomic mass is 9.87. The van der Waals surface area contributed by atoms with Gasteiger partial charge in [-0.2, -0.15) is 0 Å². The molecule has 1 amide bonds. The van der Waals surface area contributed by atoms with Crippen LogP contribution < -0.4 is 5.32 Å². The third-order valence-electron chi connectivity index (χ3n) is 4.76. The summed E-state index contributed by atoms with van der Waals surface area (Å²) in [5.74, 6) is 0.177. The fraction of sp³-hybridized carbons (Fsp3) is 0.556. The number of nitrogens with one attached hydrogen (secondary N) is 1. The molecule has 0 spiro atoms. The van der Waals surface area contributed by atoms with Gasteiger partial charge < -0.3 is 10.1 Å². The third kappa shape index (κ3) is 3.49. The molecular weight excluding hydrogens is 278 g/mol. The molecule has 1 unspecified atom stereocenters. The maximum absolute atomic E-state index is 12.2. The second-order valence-corrected chi connectivity index (χ2v) is 6.34. The molecule has 0 aromatic heterocycles. The van der Waals surface area contributed by atoms with E-state index in [1.54, 1.807) is 6.07 Å². The summed E-state index contributed by atoms with van der Waals surface area (Å²) in [6.07, 6.45) is 7.35. The van der Waals surface area contributed by atoms with Crippen molar-refractivity contribution in [2.75, 3.05) is 6.54 Å². The number of ether oxygens (including phenoxy) is 1. The zero-order valence-electron chi connectivity index (χ0n) is 12.8. The van der Waals surface area contributed by atoms with E-state index in [0.29, 0.717) is 18.5 Å². The summed E-state index contributed by atoms with van der Waals surface area (Å²) in [7, 11) is 0. The Morgan fingerprint density at radius 3 is 2.77 bits per heavy atom. The fourth-order valence-electron chi connectivity index (χ4n) is 3.47. The van der Waals surface area contributed by atoms with Crippen molar-refractivity contribution in [2.24, 2.45) is 5.92 Å². The van der Waals surface area contributed by atoms with E-state index < -0.39 is 12.1 Å². The van der Waals surface area contributed by atoms with Crippen molar-refractivity contribution in [3.05, 3.63) is 35.4 Å². The van der Waals surface area contributed by atoms with E-state index in [-0.39, 0.29) is 5.91 Å². The van der Waals surface area contributed by atoms with Gasteiger partial charge in [0, 0.05) is 13.0 Å². The van der Waals surface area contributed by atoms with Crippen molar-refractivity contribution in [1.82, 2.24) is 5.32 Å². The Balaban J connectivity index is 1.50. The van der Waals surface area contributed by atoms with Crippen LogP contribution in [0, 0.1) is 5.92 Å². The monoisotopic (exact) mass is 301 g/mol. The molecule has 22 heavy (non-hydrogen) atoms. The van der Waals surface area contributed by atoms with Crippen LogP contribution in [0.25, 0.3) is 0 Å². The molecule has 0 saturated heterocycles. The third-order valence-corrected chi connectivity index (χ3v) is 4.76. The van der Waals surface area contributed by atoms with Gasteiger partial charge in [0.25, 0.3) is 5.91 Å². The Labute approximate surface area is 131 Å². The Hall–Kier alpha value is -1.84. The first-order valence-electron chi connectivity index (χ1n) is 8.30. The van der Waals surface area contributed by atoms with Crippen LogP contribution >= 0.6 is 0 Å². The highest BCUT2D eigenvalue weighted by atomic mass is 16.5.